The fraction of sp³-hybridized carbons (Fsp3) is 0.348. The van der Waals surface area contributed by atoms with Crippen LogP contribution in [0.5, 0.6) is 5.75 Å². The molecule has 0 saturated heterocycles. The van der Waals surface area contributed by atoms with Gasteiger partial charge in [0.25, 0.3) is 5.91 Å². The first kappa shape index (κ1) is 17.5. The second-order valence-electron chi connectivity index (χ2n) is 8.65. The minimum Gasteiger partial charge on any atom is -0.493 e. The molecule has 2 aliphatic heterocycles. The number of amides is 1. The highest BCUT2D eigenvalue weighted by atomic mass is 16.5. The van der Waals surface area contributed by atoms with Crippen LogP contribution in [-0.4, -0.2) is 27.3 Å². The minimum absolute atomic E-state index is 0.189. The van der Waals surface area contributed by atoms with Crippen LogP contribution >= 0.6 is 0 Å². The molecule has 152 valence electrons. The van der Waals surface area contributed by atoms with Gasteiger partial charge < -0.3 is 15.8 Å². The monoisotopic (exact) mass is 401 g/mol. The third kappa shape index (κ3) is 2.54. The Kier molecular flexibility index (Phi) is 3.54. The van der Waals surface area contributed by atoms with Gasteiger partial charge in [-0.15, -0.1) is 0 Å². The third-order valence-corrected chi connectivity index (χ3v) is 6.51. The second-order valence-corrected chi connectivity index (χ2v) is 8.65. The zero-order valence-electron chi connectivity index (χ0n) is 16.8. The Morgan fingerprint density at radius 2 is 2.13 bits per heavy atom. The van der Waals surface area contributed by atoms with Crippen LogP contribution in [0.4, 0.5) is 5.82 Å². The molecule has 1 aromatic carbocycles. The molecule has 0 unspecified atom stereocenters. The van der Waals surface area contributed by atoms with Crippen molar-refractivity contribution in [2.24, 2.45) is 0 Å². The van der Waals surface area contributed by atoms with E-state index in [4.69, 9.17) is 15.6 Å². The molecule has 4 heterocycles. The normalized spacial score (nSPS) is 22.2. The fourth-order valence-corrected chi connectivity index (χ4v) is 4.73. The molecule has 3 N–H and O–H groups in total. The summed E-state index contributed by atoms with van der Waals surface area (Å²) in [5, 5.41) is 7.96. The molecule has 7 nitrogen and oxygen atoms in total. The number of carbonyl (C=O) groups is 1. The molecule has 6 rings (SSSR count). The van der Waals surface area contributed by atoms with E-state index in [1.807, 2.05) is 19.1 Å². The number of aryl methyl sites for hydroxylation is 1. The molecule has 3 aromatic rings. The number of nitrogens with two attached hydrogens (primary N) is 1. The highest BCUT2D eigenvalue weighted by molar-refractivity contribution is 6.01. The van der Waals surface area contributed by atoms with E-state index < -0.39 is 5.54 Å². The number of anilines is 1. The number of rotatable bonds is 2. The fourth-order valence-electron chi connectivity index (χ4n) is 4.73. The van der Waals surface area contributed by atoms with Crippen molar-refractivity contribution in [3.05, 3.63) is 64.5 Å². The molecule has 1 aliphatic carbocycles. The number of nitrogens with one attached hydrogen (secondary N) is 1. The zero-order chi connectivity index (χ0) is 20.5. The van der Waals surface area contributed by atoms with Crippen molar-refractivity contribution in [3.63, 3.8) is 0 Å². The lowest BCUT2D eigenvalue weighted by Gasteiger charge is -2.41. The summed E-state index contributed by atoms with van der Waals surface area (Å²) in [5.41, 5.74) is 10.4. The average Bonchev–Trinajstić information content (AvgIpc) is 3.53. The summed E-state index contributed by atoms with van der Waals surface area (Å²) in [4.78, 5) is 17.6. The van der Waals surface area contributed by atoms with Crippen molar-refractivity contribution >= 4 is 11.7 Å². The summed E-state index contributed by atoms with van der Waals surface area (Å²) in [6, 6.07) is 10.3. The van der Waals surface area contributed by atoms with Crippen LogP contribution in [0, 0.1) is 6.92 Å². The average molecular weight is 401 g/mol. The van der Waals surface area contributed by atoms with Crippen molar-refractivity contribution in [1.29, 1.82) is 0 Å². The summed E-state index contributed by atoms with van der Waals surface area (Å²) < 4.78 is 7.56. The van der Waals surface area contributed by atoms with E-state index in [-0.39, 0.29) is 5.91 Å². The number of hydrogen-bond acceptors (Lipinski definition) is 5. The molecule has 1 saturated carbocycles. The molecule has 2 aromatic heterocycles. The molecule has 7 heteroatoms. The summed E-state index contributed by atoms with van der Waals surface area (Å²) in [6.45, 7) is 2.54. The summed E-state index contributed by atoms with van der Waals surface area (Å²) >= 11 is 0. The summed E-state index contributed by atoms with van der Waals surface area (Å²) in [6.07, 6.45) is 5.53. The second kappa shape index (κ2) is 6.08. The van der Waals surface area contributed by atoms with E-state index in [0.29, 0.717) is 48.3 Å². The van der Waals surface area contributed by atoms with Crippen LogP contribution in [0.25, 0.3) is 5.82 Å². The Bertz CT molecular complexity index is 1180. The summed E-state index contributed by atoms with van der Waals surface area (Å²) in [7, 11) is 0. The molecule has 30 heavy (non-hydrogen) atoms. The third-order valence-electron chi connectivity index (χ3n) is 6.51. The maximum absolute atomic E-state index is 13.2. The van der Waals surface area contributed by atoms with Gasteiger partial charge in [-0.3, -0.25) is 4.79 Å². The van der Waals surface area contributed by atoms with E-state index in [0.717, 1.165) is 16.9 Å². The molecular weight excluding hydrogens is 378 g/mol. The predicted molar refractivity (Wildman–Crippen MR) is 112 cm³/mol. The highest BCUT2D eigenvalue weighted by Gasteiger charge is 2.46. The smallest absolute Gasteiger partial charge is 0.257 e. The largest absolute Gasteiger partial charge is 0.493 e. The van der Waals surface area contributed by atoms with Gasteiger partial charge in [-0.05, 0) is 48.9 Å². The maximum Gasteiger partial charge on any atom is 0.257 e. The first-order chi connectivity index (χ1) is 14.5. The van der Waals surface area contributed by atoms with Gasteiger partial charge in [-0.25, -0.2) is 4.98 Å². The van der Waals surface area contributed by atoms with Gasteiger partial charge in [0.15, 0.2) is 5.82 Å². The quantitative estimate of drug-likeness (QED) is 0.688. The molecule has 1 atom stereocenters. The van der Waals surface area contributed by atoms with Gasteiger partial charge >= 0.3 is 0 Å². The number of aromatic nitrogens is 3. The van der Waals surface area contributed by atoms with Gasteiger partial charge in [0.2, 0.25) is 0 Å². The van der Waals surface area contributed by atoms with Crippen LogP contribution in [0.2, 0.25) is 0 Å². The van der Waals surface area contributed by atoms with Gasteiger partial charge in [0.05, 0.1) is 17.8 Å². The lowest BCUT2D eigenvalue weighted by molar-refractivity contribution is 0.0830. The number of pyridine rings is 1. The number of hydrogen-bond donors (Lipinski definition) is 2. The standard InChI is InChI=1S/C23H23N5O2/c1-13-2-7-19(25-12-13)28-21(24)20-17(27-28)11-23(26-22(20)29)8-9-30-18-10-15(14-3-4-14)5-6-16(18)23/h2,5-7,10,12,14H,3-4,8-9,11,24H2,1H3,(H,26,29)/t23-/m0/s1. The molecule has 3 aliphatic rings. The van der Waals surface area contributed by atoms with Crippen molar-refractivity contribution in [2.45, 2.75) is 44.1 Å². The molecule has 0 bridgehead atoms. The maximum atomic E-state index is 13.2. The Morgan fingerprint density at radius 1 is 1.27 bits per heavy atom. The number of benzene rings is 1. The number of fused-ring (bicyclic) bond motifs is 3. The Balaban J connectivity index is 1.43. The van der Waals surface area contributed by atoms with Crippen LogP contribution in [0.1, 0.15) is 57.9 Å². The lowest BCUT2D eigenvalue weighted by atomic mass is 9.77. The molecule has 1 amide bonds. The molecule has 0 radical (unpaired) electrons. The van der Waals surface area contributed by atoms with Crippen molar-refractivity contribution in [1.82, 2.24) is 20.1 Å². The van der Waals surface area contributed by atoms with Gasteiger partial charge in [0, 0.05) is 24.6 Å². The van der Waals surface area contributed by atoms with Gasteiger partial charge in [-0.1, -0.05) is 18.2 Å². The highest BCUT2D eigenvalue weighted by Crippen LogP contribution is 2.46. The Hall–Kier alpha value is -3.35. The van der Waals surface area contributed by atoms with E-state index in [1.54, 1.807) is 10.9 Å². The van der Waals surface area contributed by atoms with Crippen LogP contribution in [-0.2, 0) is 12.0 Å². The molecule has 1 fully saturated rings. The SMILES string of the molecule is Cc1ccc(-n2nc3c(c2N)C(=O)N[C@@]2(CCOc4cc(C5CC5)ccc42)C3)nc1. The van der Waals surface area contributed by atoms with Crippen LogP contribution < -0.4 is 15.8 Å². The number of nitrogen functional groups attached to an aromatic ring is 1. The molecular formula is C23H23N5O2. The van der Waals surface area contributed by atoms with E-state index >= 15 is 0 Å². The Morgan fingerprint density at radius 3 is 2.90 bits per heavy atom. The van der Waals surface area contributed by atoms with Crippen LogP contribution in [0.15, 0.2) is 36.5 Å². The first-order valence-corrected chi connectivity index (χ1v) is 10.4. The van der Waals surface area contributed by atoms with Gasteiger partial charge in [-0.2, -0.15) is 9.78 Å². The van der Waals surface area contributed by atoms with Crippen LogP contribution in [0.3, 0.4) is 0 Å². The van der Waals surface area contributed by atoms with E-state index in [9.17, 15) is 4.79 Å². The lowest BCUT2D eigenvalue weighted by Crippen LogP contribution is -2.53. The minimum atomic E-state index is -0.522. The topological polar surface area (TPSA) is 95.1 Å². The number of nitrogens with zero attached hydrogens (tertiary/aromatic N) is 3. The number of carbonyl (C=O) groups excluding carboxylic acids is 1. The number of ether oxygens (including phenoxy) is 1. The van der Waals surface area contributed by atoms with Crippen molar-refractivity contribution in [2.75, 3.05) is 12.3 Å². The van der Waals surface area contributed by atoms with E-state index in [2.05, 4.69) is 28.5 Å². The summed E-state index contributed by atoms with van der Waals surface area (Å²) in [5.74, 6) is 2.27. The zero-order valence-corrected chi connectivity index (χ0v) is 16.8. The first-order valence-electron chi connectivity index (χ1n) is 10.4. The molecule has 1 spiro atoms. The van der Waals surface area contributed by atoms with Crippen molar-refractivity contribution < 1.29 is 9.53 Å². The van der Waals surface area contributed by atoms with Crippen molar-refractivity contribution in [3.8, 4) is 11.6 Å². The predicted octanol–water partition coefficient (Wildman–Crippen LogP) is 3.00. The van der Waals surface area contributed by atoms with E-state index in [1.165, 1.54) is 18.4 Å². The Labute approximate surface area is 174 Å². The van der Waals surface area contributed by atoms with Gasteiger partial charge in [0.1, 0.15) is 17.1 Å².